The minimum Gasteiger partial charge on any atom is -0.334 e. The van der Waals surface area contributed by atoms with E-state index in [9.17, 15) is 0 Å². The minimum absolute atomic E-state index is 0.579. The predicted molar refractivity (Wildman–Crippen MR) is 78.1 cm³/mol. The third kappa shape index (κ3) is 2.51. The Kier molecular flexibility index (Phi) is 3.29. The lowest BCUT2D eigenvalue weighted by Crippen LogP contribution is -2.53. The molecule has 2 unspecified atom stereocenters. The van der Waals surface area contributed by atoms with Crippen molar-refractivity contribution >= 4 is 11.0 Å². The first-order valence-electron chi connectivity index (χ1n) is 7.01. The van der Waals surface area contributed by atoms with E-state index in [0.717, 1.165) is 25.2 Å². The van der Waals surface area contributed by atoms with Crippen LogP contribution in [0.15, 0.2) is 24.5 Å². The maximum absolute atomic E-state index is 4.44. The number of imidazole rings is 1. The molecule has 1 aliphatic rings. The first-order valence-corrected chi connectivity index (χ1v) is 7.01. The second-order valence-corrected chi connectivity index (χ2v) is 5.77. The molecule has 4 heteroatoms. The molecule has 0 aliphatic carbocycles. The second kappa shape index (κ2) is 4.94. The molecule has 1 saturated heterocycles. The number of hydrogen-bond donors (Lipinski definition) is 1. The SMILES string of the molecule is CC1CN(Cc2ccc3c(c2)ncn3C)C(C)CN1. The van der Waals surface area contributed by atoms with Gasteiger partial charge in [-0.1, -0.05) is 6.07 Å². The van der Waals surface area contributed by atoms with Crippen molar-refractivity contribution in [3.63, 3.8) is 0 Å². The quantitative estimate of drug-likeness (QED) is 0.891. The van der Waals surface area contributed by atoms with Gasteiger partial charge < -0.3 is 9.88 Å². The summed E-state index contributed by atoms with van der Waals surface area (Å²) in [5.74, 6) is 0. The van der Waals surface area contributed by atoms with Crippen LogP contribution in [-0.2, 0) is 13.6 Å². The first kappa shape index (κ1) is 12.6. The van der Waals surface area contributed by atoms with Gasteiger partial charge in [0.2, 0.25) is 0 Å². The summed E-state index contributed by atoms with van der Waals surface area (Å²) in [7, 11) is 2.04. The summed E-state index contributed by atoms with van der Waals surface area (Å²) in [5.41, 5.74) is 3.65. The molecule has 2 heterocycles. The van der Waals surface area contributed by atoms with Crippen LogP contribution in [0.5, 0.6) is 0 Å². The average Bonchev–Trinajstić information content (AvgIpc) is 2.75. The summed E-state index contributed by atoms with van der Waals surface area (Å²) in [6.45, 7) is 7.74. The molecule has 0 saturated carbocycles. The zero-order valence-electron chi connectivity index (χ0n) is 11.9. The van der Waals surface area contributed by atoms with Crippen molar-refractivity contribution in [3.8, 4) is 0 Å². The number of piperazine rings is 1. The van der Waals surface area contributed by atoms with E-state index in [2.05, 4.69) is 51.8 Å². The third-order valence-electron chi connectivity index (χ3n) is 4.07. The summed E-state index contributed by atoms with van der Waals surface area (Å²) >= 11 is 0. The van der Waals surface area contributed by atoms with Gasteiger partial charge in [0.25, 0.3) is 0 Å². The lowest BCUT2D eigenvalue weighted by atomic mass is 10.1. The van der Waals surface area contributed by atoms with E-state index < -0.39 is 0 Å². The Bertz CT molecular complexity index is 575. The lowest BCUT2D eigenvalue weighted by Gasteiger charge is -2.37. The molecule has 0 bridgehead atoms. The maximum atomic E-state index is 4.44. The van der Waals surface area contributed by atoms with Crippen molar-refractivity contribution in [1.29, 1.82) is 0 Å². The molecule has 2 aromatic rings. The molecule has 1 fully saturated rings. The predicted octanol–water partition coefficient (Wildman–Crippen LogP) is 1.76. The van der Waals surface area contributed by atoms with Gasteiger partial charge >= 0.3 is 0 Å². The molecular weight excluding hydrogens is 236 g/mol. The monoisotopic (exact) mass is 258 g/mol. The molecule has 1 N–H and O–H groups in total. The number of aryl methyl sites for hydroxylation is 1. The van der Waals surface area contributed by atoms with Crippen LogP contribution in [0.25, 0.3) is 11.0 Å². The molecule has 19 heavy (non-hydrogen) atoms. The second-order valence-electron chi connectivity index (χ2n) is 5.77. The van der Waals surface area contributed by atoms with Crippen LogP contribution < -0.4 is 5.32 Å². The largest absolute Gasteiger partial charge is 0.334 e. The number of hydrogen-bond acceptors (Lipinski definition) is 3. The molecule has 1 aliphatic heterocycles. The van der Waals surface area contributed by atoms with Gasteiger partial charge in [-0.15, -0.1) is 0 Å². The van der Waals surface area contributed by atoms with Crippen LogP contribution in [0.4, 0.5) is 0 Å². The third-order valence-corrected chi connectivity index (χ3v) is 4.07. The standard InChI is InChI=1S/C15H22N4/c1-11-8-19(12(2)7-16-11)9-13-4-5-15-14(6-13)17-10-18(15)3/h4-6,10-12,16H,7-9H2,1-3H3. The Hall–Kier alpha value is -1.39. The molecule has 2 atom stereocenters. The Morgan fingerprint density at radius 2 is 2.21 bits per heavy atom. The van der Waals surface area contributed by atoms with Crippen molar-refractivity contribution in [2.75, 3.05) is 13.1 Å². The van der Waals surface area contributed by atoms with Gasteiger partial charge in [-0.25, -0.2) is 4.98 Å². The van der Waals surface area contributed by atoms with Gasteiger partial charge in [0.15, 0.2) is 0 Å². The van der Waals surface area contributed by atoms with Crippen molar-refractivity contribution in [3.05, 3.63) is 30.1 Å². The van der Waals surface area contributed by atoms with Crippen molar-refractivity contribution in [1.82, 2.24) is 19.8 Å². The number of fused-ring (bicyclic) bond motifs is 1. The van der Waals surface area contributed by atoms with Crippen LogP contribution >= 0.6 is 0 Å². The molecule has 102 valence electrons. The van der Waals surface area contributed by atoms with Gasteiger partial charge in [-0.05, 0) is 31.5 Å². The van der Waals surface area contributed by atoms with Gasteiger partial charge in [-0.3, -0.25) is 4.90 Å². The number of benzene rings is 1. The van der Waals surface area contributed by atoms with Gasteiger partial charge in [0, 0.05) is 38.8 Å². The molecule has 3 rings (SSSR count). The average molecular weight is 258 g/mol. The van der Waals surface area contributed by atoms with Crippen molar-refractivity contribution < 1.29 is 0 Å². The molecular formula is C15H22N4. The highest BCUT2D eigenvalue weighted by molar-refractivity contribution is 5.75. The Labute approximate surface area is 114 Å². The van der Waals surface area contributed by atoms with Crippen molar-refractivity contribution in [2.24, 2.45) is 7.05 Å². The fourth-order valence-electron chi connectivity index (χ4n) is 2.83. The molecule has 0 spiro atoms. The fraction of sp³-hybridized carbons (Fsp3) is 0.533. The Morgan fingerprint density at radius 1 is 1.37 bits per heavy atom. The van der Waals surface area contributed by atoms with Crippen LogP contribution in [0.2, 0.25) is 0 Å². The highest BCUT2D eigenvalue weighted by atomic mass is 15.2. The van der Waals surface area contributed by atoms with E-state index in [1.807, 2.05) is 13.4 Å². The van der Waals surface area contributed by atoms with E-state index in [4.69, 9.17) is 0 Å². The molecule has 0 amide bonds. The zero-order chi connectivity index (χ0) is 13.4. The van der Waals surface area contributed by atoms with Crippen LogP contribution in [0.1, 0.15) is 19.4 Å². The maximum Gasteiger partial charge on any atom is 0.0955 e. The first-order chi connectivity index (χ1) is 9.13. The van der Waals surface area contributed by atoms with Gasteiger partial charge in [0.1, 0.15) is 0 Å². The summed E-state index contributed by atoms with van der Waals surface area (Å²) in [6.07, 6.45) is 1.88. The van der Waals surface area contributed by atoms with E-state index in [1.54, 1.807) is 0 Å². The van der Waals surface area contributed by atoms with Crippen LogP contribution in [-0.4, -0.2) is 39.6 Å². The number of rotatable bonds is 2. The minimum atomic E-state index is 0.579. The van der Waals surface area contributed by atoms with Gasteiger partial charge in [-0.2, -0.15) is 0 Å². The molecule has 1 aromatic carbocycles. The number of aromatic nitrogens is 2. The molecule has 1 aromatic heterocycles. The fourth-order valence-corrected chi connectivity index (χ4v) is 2.83. The number of nitrogens with zero attached hydrogens (tertiary/aromatic N) is 3. The summed E-state index contributed by atoms with van der Waals surface area (Å²) in [5, 5.41) is 3.52. The van der Waals surface area contributed by atoms with Crippen LogP contribution in [0, 0.1) is 0 Å². The zero-order valence-corrected chi connectivity index (χ0v) is 11.9. The van der Waals surface area contributed by atoms with E-state index in [-0.39, 0.29) is 0 Å². The van der Waals surface area contributed by atoms with Crippen molar-refractivity contribution in [2.45, 2.75) is 32.5 Å². The molecule has 4 nitrogen and oxygen atoms in total. The topological polar surface area (TPSA) is 33.1 Å². The van der Waals surface area contributed by atoms with E-state index in [1.165, 1.54) is 11.1 Å². The van der Waals surface area contributed by atoms with E-state index >= 15 is 0 Å². The summed E-state index contributed by atoms with van der Waals surface area (Å²) in [6, 6.07) is 7.79. The van der Waals surface area contributed by atoms with E-state index in [0.29, 0.717) is 12.1 Å². The van der Waals surface area contributed by atoms with Crippen LogP contribution in [0.3, 0.4) is 0 Å². The Morgan fingerprint density at radius 3 is 3.05 bits per heavy atom. The normalized spacial score (nSPS) is 25.0. The smallest absolute Gasteiger partial charge is 0.0955 e. The lowest BCUT2D eigenvalue weighted by molar-refractivity contribution is 0.139. The molecule has 0 radical (unpaired) electrons. The highest BCUT2D eigenvalue weighted by Gasteiger charge is 2.22. The van der Waals surface area contributed by atoms with Gasteiger partial charge in [0.05, 0.1) is 17.4 Å². The highest BCUT2D eigenvalue weighted by Crippen LogP contribution is 2.17. The summed E-state index contributed by atoms with van der Waals surface area (Å²) in [4.78, 5) is 6.98. The Balaban J connectivity index is 1.80. The summed E-state index contributed by atoms with van der Waals surface area (Å²) < 4.78 is 2.06. The number of nitrogens with one attached hydrogen (secondary N) is 1.